The number of guanidine groups is 1. The number of thiazole rings is 1. The number of aliphatic imine (C=N–C) groups is 1. The maximum absolute atomic E-state index is 12.6. The van der Waals surface area contributed by atoms with Gasteiger partial charge >= 0.3 is 6.18 Å². The van der Waals surface area contributed by atoms with E-state index < -0.39 is 11.9 Å². The van der Waals surface area contributed by atoms with Crippen molar-refractivity contribution in [2.45, 2.75) is 44.8 Å². The Labute approximate surface area is 150 Å². The van der Waals surface area contributed by atoms with Crippen LogP contribution >= 0.6 is 11.3 Å². The fraction of sp³-hybridized carbons (Fsp3) is 0.750. The van der Waals surface area contributed by atoms with Gasteiger partial charge in [0.2, 0.25) is 0 Å². The van der Waals surface area contributed by atoms with Crippen LogP contribution in [0.3, 0.4) is 0 Å². The lowest BCUT2D eigenvalue weighted by Crippen LogP contribution is -2.43. The second kappa shape index (κ2) is 8.84. The van der Waals surface area contributed by atoms with E-state index in [0.717, 1.165) is 49.1 Å². The van der Waals surface area contributed by atoms with E-state index in [1.165, 1.54) is 12.8 Å². The zero-order chi connectivity index (χ0) is 18.3. The molecule has 142 valence electrons. The van der Waals surface area contributed by atoms with E-state index in [4.69, 9.17) is 4.74 Å². The van der Waals surface area contributed by atoms with Gasteiger partial charge in [-0.25, -0.2) is 4.98 Å². The van der Waals surface area contributed by atoms with Gasteiger partial charge in [0.25, 0.3) is 0 Å². The first kappa shape index (κ1) is 20.0. The molecule has 1 fully saturated rings. The maximum atomic E-state index is 12.6. The van der Waals surface area contributed by atoms with E-state index in [0.29, 0.717) is 11.0 Å². The number of alkyl halides is 3. The van der Waals surface area contributed by atoms with Gasteiger partial charge in [0.15, 0.2) is 11.7 Å². The Morgan fingerprint density at radius 1 is 1.36 bits per heavy atom. The Morgan fingerprint density at radius 2 is 2.08 bits per heavy atom. The highest BCUT2D eigenvalue weighted by Crippen LogP contribution is 2.40. The average Bonchev–Trinajstić information content (AvgIpc) is 3.23. The van der Waals surface area contributed by atoms with E-state index in [1.807, 2.05) is 0 Å². The fourth-order valence-corrected chi connectivity index (χ4v) is 3.87. The van der Waals surface area contributed by atoms with Crippen LogP contribution in [-0.4, -0.2) is 38.3 Å². The Bertz CT molecular complexity index is 568. The molecule has 1 aliphatic rings. The first-order valence-electron chi connectivity index (χ1n) is 8.34. The molecule has 0 bridgehead atoms. The van der Waals surface area contributed by atoms with Crippen molar-refractivity contribution in [2.24, 2.45) is 10.4 Å². The lowest BCUT2D eigenvalue weighted by Gasteiger charge is -2.29. The van der Waals surface area contributed by atoms with Crippen molar-refractivity contribution < 1.29 is 17.9 Å². The summed E-state index contributed by atoms with van der Waals surface area (Å²) in [6.07, 6.45) is 1.34. The molecule has 25 heavy (non-hydrogen) atoms. The molecule has 1 saturated carbocycles. The van der Waals surface area contributed by atoms with E-state index in [9.17, 15) is 13.2 Å². The Hall–Kier alpha value is -1.35. The van der Waals surface area contributed by atoms with Gasteiger partial charge in [-0.05, 0) is 24.7 Å². The Kier molecular flexibility index (Phi) is 7.06. The number of hydrogen-bond acceptors (Lipinski definition) is 4. The molecular formula is C16H25F3N4OS. The van der Waals surface area contributed by atoms with Crippen molar-refractivity contribution in [2.75, 3.05) is 27.3 Å². The zero-order valence-electron chi connectivity index (χ0n) is 14.6. The van der Waals surface area contributed by atoms with E-state index >= 15 is 0 Å². The molecule has 0 aromatic carbocycles. The average molecular weight is 378 g/mol. The monoisotopic (exact) mass is 378 g/mol. The number of aromatic nitrogens is 1. The molecule has 0 atom stereocenters. The van der Waals surface area contributed by atoms with Crippen molar-refractivity contribution >= 4 is 17.3 Å². The Morgan fingerprint density at radius 3 is 2.64 bits per heavy atom. The van der Waals surface area contributed by atoms with Crippen LogP contribution in [0.15, 0.2) is 10.4 Å². The molecule has 9 heteroatoms. The highest BCUT2D eigenvalue weighted by atomic mass is 32.1. The molecule has 0 amide bonds. The molecule has 5 nitrogen and oxygen atoms in total. The number of rotatable bonds is 7. The second-order valence-corrected chi connectivity index (χ2v) is 7.30. The van der Waals surface area contributed by atoms with Crippen molar-refractivity contribution in [3.63, 3.8) is 0 Å². The summed E-state index contributed by atoms with van der Waals surface area (Å²) in [5.41, 5.74) is -0.639. The molecular weight excluding hydrogens is 353 g/mol. The molecule has 1 aliphatic carbocycles. The van der Waals surface area contributed by atoms with Gasteiger partial charge in [-0.1, -0.05) is 12.8 Å². The van der Waals surface area contributed by atoms with Gasteiger partial charge in [-0.15, -0.1) is 11.3 Å². The topological polar surface area (TPSA) is 58.5 Å². The SMILES string of the molecule is CN=C(NCc1nc(C(F)(F)F)cs1)NCC1(CCOC)CCCC1. The first-order chi connectivity index (χ1) is 11.9. The largest absolute Gasteiger partial charge is 0.434 e. The quantitative estimate of drug-likeness (QED) is 0.564. The smallest absolute Gasteiger partial charge is 0.385 e. The molecule has 1 aromatic rings. The molecule has 0 radical (unpaired) electrons. The molecule has 2 N–H and O–H groups in total. The van der Waals surface area contributed by atoms with E-state index in [-0.39, 0.29) is 12.0 Å². The van der Waals surface area contributed by atoms with Crippen LogP contribution in [0.25, 0.3) is 0 Å². The molecule has 2 rings (SSSR count). The number of hydrogen-bond donors (Lipinski definition) is 2. The summed E-state index contributed by atoms with van der Waals surface area (Å²) in [7, 11) is 3.36. The normalized spacial score (nSPS) is 17.7. The van der Waals surface area contributed by atoms with Gasteiger partial charge in [0.1, 0.15) is 5.01 Å². The lowest BCUT2D eigenvalue weighted by atomic mass is 9.83. The molecule has 0 unspecified atom stereocenters. The third-order valence-corrected chi connectivity index (χ3v) is 5.45. The summed E-state index contributed by atoms with van der Waals surface area (Å²) in [5.74, 6) is 0.576. The number of ether oxygens (including phenoxy) is 1. The van der Waals surface area contributed by atoms with Gasteiger partial charge in [0.05, 0.1) is 6.54 Å². The highest BCUT2D eigenvalue weighted by molar-refractivity contribution is 7.09. The van der Waals surface area contributed by atoms with Crippen molar-refractivity contribution in [3.05, 3.63) is 16.1 Å². The summed E-state index contributed by atoms with van der Waals surface area (Å²) in [6.45, 7) is 1.72. The summed E-state index contributed by atoms with van der Waals surface area (Å²) in [6, 6.07) is 0. The van der Waals surface area contributed by atoms with Crippen molar-refractivity contribution in [1.29, 1.82) is 0 Å². The van der Waals surface area contributed by atoms with Gasteiger partial charge in [-0.3, -0.25) is 4.99 Å². The van der Waals surface area contributed by atoms with Gasteiger partial charge in [-0.2, -0.15) is 13.2 Å². The maximum Gasteiger partial charge on any atom is 0.434 e. The fourth-order valence-electron chi connectivity index (χ4n) is 3.13. The molecule has 1 heterocycles. The molecule has 0 spiro atoms. The molecule has 0 saturated heterocycles. The third kappa shape index (κ3) is 5.85. The number of methoxy groups -OCH3 is 1. The van der Waals surface area contributed by atoms with E-state index in [1.54, 1.807) is 14.2 Å². The van der Waals surface area contributed by atoms with Crippen molar-refractivity contribution in [3.8, 4) is 0 Å². The highest BCUT2D eigenvalue weighted by Gasteiger charge is 2.34. The summed E-state index contributed by atoms with van der Waals surface area (Å²) in [4.78, 5) is 7.76. The first-order valence-corrected chi connectivity index (χ1v) is 9.21. The second-order valence-electron chi connectivity index (χ2n) is 6.35. The minimum atomic E-state index is -4.40. The summed E-state index contributed by atoms with van der Waals surface area (Å²) in [5, 5.41) is 7.76. The number of halogens is 3. The van der Waals surface area contributed by atoms with Crippen LogP contribution in [-0.2, 0) is 17.5 Å². The number of nitrogens with zero attached hydrogens (tertiary/aromatic N) is 2. The summed E-state index contributed by atoms with van der Waals surface area (Å²) < 4.78 is 43.0. The van der Waals surface area contributed by atoms with Crippen LogP contribution in [0.4, 0.5) is 13.2 Å². The predicted octanol–water partition coefficient (Wildman–Crippen LogP) is 3.42. The summed E-state index contributed by atoms with van der Waals surface area (Å²) >= 11 is 0.990. The van der Waals surface area contributed by atoms with Gasteiger partial charge < -0.3 is 15.4 Å². The molecule has 0 aliphatic heterocycles. The van der Waals surface area contributed by atoms with Gasteiger partial charge in [0, 0.05) is 32.7 Å². The predicted molar refractivity (Wildman–Crippen MR) is 92.7 cm³/mol. The minimum Gasteiger partial charge on any atom is -0.385 e. The zero-order valence-corrected chi connectivity index (χ0v) is 15.4. The van der Waals surface area contributed by atoms with Crippen LogP contribution in [0.1, 0.15) is 42.8 Å². The van der Waals surface area contributed by atoms with Crippen LogP contribution in [0.2, 0.25) is 0 Å². The Balaban J connectivity index is 1.85. The van der Waals surface area contributed by atoms with Crippen LogP contribution in [0.5, 0.6) is 0 Å². The minimum absolute atomic E-state index is 0.207. The number of nitrogens with one attached hydrogen (secondary N) is 2. The standard InChI is InChI=1S/C16H25F3N4OS/c1-20-14(21-9-13-23-12(10-25-13)16(17,18)19)22-11-15(7-8-24-2)5-3-4-6-15/h10H,3-9,11H2,1-2H3,(H2,20,21,22). The molecule has 1 aromatic heterocycles. The van der Waals surface area contributed by atoms with Crippen LogP contribution < -0.4 is 10.6 Å². The lowest BCUT2D eigenvalue weighted by molar-refractivity contribution is -0.140. The van der Waals surface area contributed by atoms with E-state index in [2.05, 4.69) is 20.6 Å². The van der Waals surface area contributed by atoms with Crippen molar-refractivity contribution in [1.82, 2.24) is 15.6 Å². The van der Waals surface area contributed by atoms with Crippen LogP contribution in [0, 0.1) is 5.41 Å². The third-order valence-electron chi connectivity index (χ3n) is 4.60.